The molecule has 0 aliphatic carbocycles. The summed E-state index contributed by atoms with van der Waals surface area (Å²) >= 11 is 0. The van der Waals surface area contributed by atoms with E-state index in [1.54, 1.807) is 12.1 Å². The Bertz CT molecular complexity index is 701. The Kier molecular flexibility index (Phi) is 9.84. The van der Waals surface area contributed by atoms with Crippen molar-refractivity contribution in [1.29, 1.82) is 0 Å². The van der Waals surface area contributed by atoms with E-state index in [0.717, 1.165) is 70.2 Å². The van der Waals surface area contributed by atoms with Gasteiger partial charge in [0.2, 0.25) is 0 Å². The molecule has 0 amide bonds. The van der Waals surface area contributed by atoms with Crippen LogP contribution < -0.4 is 5.32 Å². The molecule has 31 heavy (non-hydrogen) atoms. The minimum atomic E-state index is -0.0858. The smallest absolute Gasteiger partial charge is 0.193 e. The van der Waals surface area contributed by atoms with Gasteiger partial charge in [0, 0.05) is 44.3 Å². The zero-order valence-corrected chi connectivity index (χ0v) is 21.3. The topological polar surface area (TPSA) is 34.1 Å². The molecule has 0 radical (unpaired) electrons. The molecule has 7 heteroatoms. The number of nitrogens with one attached hydrogen (secondary N) is 1. The first-order valence-electron chi connectivity index (χ1n) is 12.0. The number of likely N-dealkylation sites (tertiary alicyclic amines) is 3. The van der Waals surface area contributed by atoms with E-state index in [-0.39, 0.29) is 29.8 Å². The van der Waals surface area contributed by atoms with Crippen LogP contribution in [0, 0.1) is 11.7 Å². The molecule has 3 fully saturated rings. The number of piperidine rings is 1. The summed E-state index contributed by atoms with van der Waals surface area (Å²) in [7, 11) is 0. The number of rotatable bonds is 6. The maximum absolute atomic E-state index is 13.9. The van der Waals surface area contributed by atoms with Crippen LogP contribution in [-0.2, 0) is 6.54 Å². The van der Waals surface area contributed by atoms with Crippen molar-refractivity contribution < 1.29 is 4.39 Å². The van der Waals surface area contributed by atoms with Gasteiger partial charge in [0.05, 0.1) is 0 Å². The monoisotopic (exact) mass is 543 g/mol. The quantitative estimate of drug-likeness (QED) is 0.337. The lowest BCUT2D eigenvalue weighted by Crippen LogP contribution is -2.43. The van der Waals surface area contributed by atoms with Crippen LogP contribution in [0.4, 0.5) is 4.39 Å². The summed E-state index contributed by atoms with van der Waals surface area (Å²) in [5.74, 6) is 1.65. The summed E-state index contributed by atoms with van der Waals surface area (Å²) in [4.78, 5) is 12.6. The van der Waals surface area contributed by atoms with Crippen LogP contribution in [0.3, 0.4) is 0 Å². The lowest BCUT2D eigenvalue weighted by atomic mass is 9.96. The third-order valence-electron chi connectivity index (χ3n) is 7.01. The Morgan fingerprint density at radius 2 is 1.81 bits per heavy atom. The minimum absolute atomic E-state index is 0. The second kappa shape index (κ2) is 12.3. The fourth-order valence-electron chi connectivity index (χ4n) is 5.18. The number of hydrogen-bond donors (Lipinski definition) is 1. The number of halogens is 2. The third-order valence-corrected chi connectivity index (χ3v) is 7.01. The summed E-state index contributed by atoms with van der Waals surface area (Å²) < 4.78 is 13.9. The van der Waals surface area contributed by atoms with Gasteiger partial charge in [-0.1, -0.05) is 18.2 Å². The zero-order chi connectivity index (χ0) is 20.8. The first-order valence-corrected chi connectivity index (χ1v) is 12.0. The number of benzene rings is 1. The van der Waals surface area contributed by atoms with Crippen LogP contribution in [0.25, 0.3) is 0 Å². The highest BCUT2D eigenvalue weighted by Gasteiger charge is 2.31. The van der Waals surface area contributed by atoms with Crippen LogP contribution in [0.15, 0.2) is 29.3 Å². The van der Waals surface area contributed by atoms with Gasteiger partial charge < -0.3 is 10.2 Å². The molecular weight excluding hydrogens is 504 g/mol. The highest BCUT2D eigenvalue weighted by molar-refractivity contribution is 14.0. The fraction of sp³-hybridized carbons (Fsp3) is 0.708. The second-order valence-electron chi connectivity index (χ2n) is 9.14. The van der Waals surface area contributed by atoms with E-state index >= 15 is 0 Å². The Morgan fingerprint density at radius 1 is 1.06 bits per heavy atom. The molecule has 3 aliphatic heterocycles. The van der Waals surface area contributed by atoms with Gasteiger partial charge in [-0.15, -0.1) is 24.0 Å². The molecule has 0 aromatic heterocycles. The number of nitrogens with zero attached hydrogens (tertiary/aromatic N) is 4. The lowest BCUT2D eigenvalue weighted by Gasteiger charge is -2.32. The van der Waals surface area contributed by atoms with E-state index in [9.17, 15) is 4.39 Å². The molecule has 1 atom stereocenters. The zero-order valence-electron chi connectivity index (χ0n) is 18.9. The van der Waals surface area contributed by atoms with Crippen molar-refractivity contribution in [2.45, 2.75) is 51.6 Å². The van der Waals surface area contributed by atoms with Gasteiger partial charge in [-0.2, -0.15) is 0 Å². The first kappa shape index (κ1) is 24.7. The van der Waals surface area contributed by atoms with Gasteiger partial charge in [-0.05, 0) is 77.2 Å². The molecule has 0 spiro atoms. The van der Waals surface area contributed by atoms with Crippen molar-refractivity contribution in [3.05, 3.63) is 35.6 Å². The third kappa shape index (κ3) is 6.78. The van der Waals surface area contributed by atoms with E-state index in [2.05, 4.69) is 26.9 Å². The number of guanidine groups is 1. The molecule has 4 rings (SSSR count). The molecule has 0 bridgehead atoms. The normalized spacial score (nSPS) is 23.9. The molecule has 5 nitrogen and oxygen atoms in total. The lowest BCUT2D eigenvalue weighted by molar-refractivity contribution is 0.178. The molecule has 1 aromatic rings. The molecule has 0 saturated carbocycles. The van der Waals surface area contributed by atoms with Crippen LogP contribution in [0.2, 0.25) is 0 Å². The van der Waals surface area contributed by atoms with Gasteiger partial charge in [-0.25, -0.2) is 4.39 Å². The van der Waals surface area contributed by atoms with Crippen LogP contribution >= 0.6 is 24.0 Å². The second-order valence-corrected chi connectivity index (χ2v) is 9.14. The Balaban J connectivity index is 0.00000272. The molecule has 1 N–H and O–H groups in total. The van der Waals surface area contributed by atoms with Gasteiger partial charge in [0.15, 0.2) is 5.96 Å². The van der Waals surface area contributed by atoms with E-state index in [4.69, 9.17) is 4.99 Å². The van der Waals surface area contributed by atoms with Gasteiger partial charge in [-0.3, -0.25) is 14.8 Å². The Morgan fingerprint density at radius 3 is 2.52 bits per heavy atom. The van der Waals surface area contributed by atoms with Crippen molar-refractivity contribution in [3.63, 3.8) is 0 Å². The average Bonchev–Trinajstić information content (AvgIpc) is 3.46. The SMILES string of the molecule is CCNC(=NCC1CCN(Cc2ccccc2F)CC1)N1CCC(N2CCCC2)C1.I. The minimum Gasteiger partial charge on any atom is -0.357 e. The predicted molar refractivity (Wildman–Crippen MR) is 137 cm³/mol. The molecule has 3 heterocycles. The van der Waals surface area contributed by atoms with Gasteiger partial charge in [0.25, 0.3) is 0 Å². The number of aliphatic imine (C=N–C) groups is 1. The van der Waals surface area contributed by atoms with E-state index in [1.807, 2.05) is 12.1 Å². The Hall–Kier alpha value is -0.930. The van der Waals surface area contributed by atoms with Gasteiger partial charge in [0.1, 0.15) is 5.82 Å². The van der Waals surface area contributed by atoms with E-state index in [1.165, 1.54) is 32.4 Å². The van der Waals surface area contributed by atoms with Crippen molar-refractivity contribution >= 4 is 29.9 Å². The maximum atomic E-state index is 13.9. The molecule has 3 aliphatic rings. The van der Waals surface area contributed by atoms with E-state index in [0.29, 0.717) is 12.0 Å². The predicted octanol–water partition coefficient (Wildman–Crippen LogP) is 3.79. The molecule has 3 saturated heterocycles. The molecule has 174 valence electrons. The summed E-state index contributed by atoms with van der Waals surface area (Å²) in [5, 5.41) is 3.53. The van der Waals surface area contributed by atoms with Gasteiger partial charge >= 0.3 is 0 Å². The summed E-state index contributed by atoms with van der Waals surface area (Å²) in [5.41, 5.74) is 0.810. The summed E-state index contributed by atoms with van der Waals surface area (Å²) in [6, 6.07) is 7.86. The van der Waals surface area contributed by atoms with Crippen molar-refractivity contribution in [2.75, 3.05) is 52.4 Å². The number of hydrogen-bond acceptors (Lipinski definition) is 3. The van der Waals surface area contributed by atoms with Crippen molar-refractivity contribution in [2.24, 2.45) is 10.9 Å². The largest absolute Gasteiger partial charge is 0.357 e. The summed E-state index contributed by atoms with van der Waals surface area (Å²) in [6.07, 6.45) is 6.28. The van der Waals surface area contributed by atoms with E-state index < -0.39 is 0 Å². The molecule has 1 unspecified atom stereocenters. The van der Waals surface area contributed by atoms with Crippen molar-refractivity contribution in [3.8, 4) is 0 Å². The van der Waals surface area contributed by atoms with Crippen LogP contribution in [0.1, 0.15) is 44.6 Å². The van der Waals surface area contributed by atoms with Crippen LogP contribution in [0.5, 0.6) is 0 Å². The standard InChI is InChI=1S/C24H38FN5.HI/c1-2-26-24(30-16-11-22(19-30)29-12-5-6-13-29)27-17-20-9-14-28(15-10-20)18-21-7-3-4-8-23(21)25;/h3-4,7-8,20,22H,2,5-6,9-19H2,1H3,(H,26,27);1H. The maximum Gasteiger partial charge on any atom is 0.193 e. The van der Waals surface area contributed by atoms with Crippen LogP contribution in [-0.4, -0.2) is 79.1 Å². The highest BCUT2D eigenvalue weighted by Crippen LogP contribution is 2.22. The molecule has 1 aromatic carbocycles. The molecular formula is C24H39FIN5. The average molecular weight is 544 g/mol. The first-order chi connectivity index (χ1) is 14.7. The fourth-order valence-corrected chi connectivity index (χ4v) is 5.18. The summed E-state index contributed by atoms with van der Waals surface area (Å²) in [6.45, 7) is 11.6. The Labute approximate surface area is 204 Å². The van der Waals surface area contributed by atoms with Crippen molar-refractivity contribution in [1.82, 2.24) is 20.0 Å². The highest BCUT2D eigenvalue weighted by atomic mass is 127.